The smallest absolute Gasteiger partial charge is 0.356 e. The fraction of sp³-hybridized carbons (Fsp3) is 0. The Morgan fingerprint density at radius 3 is 2.57 bits per heavy atom. The summed E-state index contributed by atoms with van der Waals surface area (Å²) in [4.78, 5) is 11.2. The van der Waals surface area contributed by atoms with Crippen molar-refractivity contribution < 1.29 is 18.7 Å². The molecule has 0 unspecified atom stereocenters. The summed E-state index contributed by atoms with van der Waals surface area (Å²) < 4.78 is 28.1. The molecule has 0 fully saturated rings. The predicted molar refractivity (Wildman–Crippen MR) is 80.9 cm³/mol. The van der Waals surface area contributed by atoms with Gasteiger partial charge in [-0.25, -0.2) is 18.3 Å². The zero-order chi connectivity index (χ0) is 16.6. The van der Waals surface area contributed by atoms with Crippen molar-refractivity contribution in [1.29, 1.82) is 0 Å². The van der Waals surface area contributed by atoms with Crippen LogP contribution in [0.25, 0.3) is 16.9 Å². The van der Waals surface area contributed by atoms with Crippen molar-refractivity contribution >= 4 is 17.6 Å². The van der Waals surface area contributed by atoms with Crippen molar-refractivity contribution in [1.82, 2.24) is 9.78 Å². The van der Waals surface area contributed by atoms with Crippen LogP contribution >= 0.6 is 11.6 Å². The number of benzene rings is 2. The van der Waals surface area contributed by atoms with E-state index < -0.39 is 17.6 Å². The van der Waals surface area contributed by atoms with Gasteiger partial charge in [-0.3, -0.25) is 0 Å². The number of aromatic carboxylic acids is 1. The summed E-state index contributed by atoms with van der Waals surface area (Å²) in [7, 11) is 0. The minimum atomic E-state index is -1.23. The van der Waals surface area contributed by atoms with Gasteiger partial charge in [0.2, 0.25) is 0 Å². The van der Waals surface area contributed by atoms with E-state index in [0.29, 0.717) is 16.9 Å². The molecule has 0 bridgehead atoms. The van der Waals surface area contributed by atoms with Crippen LogP contribution in [0, 0.1) is 11.6 Å². The monoisotopic (exact) mass is 334 g/mol. The van der Waals surface area contributed by atoms with Gasteiger partial charge in [-0.15, -0.1) is 0 Å². The molecule has 3 aromatic rings. The molecule has 0 radical (unpaired) electrons. The molecule has 2 aromatic carbocycles. The number of carbonyl (C=O) groups is 1. The fourth-order valence-electron chi connectivity index (χ4n) is 2.15. The van der Waals surface area contributed by atoms with E-state index in [1.165, 1.54) is 41.1 Å². The Bertz CT molecular complexity index is 909. The molecule has 1 N–H and O–H groups in total. The molecule has 3 rings (SSSR count). The molecule has 0 saturated heterocycles. The molecule has 0 spiro atoms. The van der Waals surface area contributed by atoms with Crippen molar-refractivity contribution in [2.45, 2.75) is 0 Å². The summed E-state index contributed by atoms with van der Waals surface area (Å²) in [5.41, 5.74) is 0.933. The van der Waals surface area contributed by atoms with Crippen LogP contribution in [0.1, 0.15) is 10.5 Å². The van der Waals surface area contributed by atoms with Crippen molar-refractivity contribution in [3.05, 3.63) is 70.9 Å². The Labute approximate surface area is 134 Å². The molecule has 116 valence electrons. The van der Waals surface area contributed by atoms with Crippen molar-refractivity contribution in [3.63, 3.8) is 0 Å². The summed E-state index contributed by atoms with van der Waals surface area (Å²) >= 11 is 5.76. The Morgan fingerprint density at radius 2 is 1.91 bits per heavy atom. The third-order valence-electron chi connectivity index (χ3n) is 3.20. The normalized spacial score (nSPS) is 10.7. The van der Waals surface area contributed by atoms with E-state index in [9.17, 15) is 13.6 Å². The molecule has 0 aliphatic rings. The maximum absolute atomic E-state index is 13.5. The van der Waals surface area contributed by atoms with Gasteiger partial charge in [0.25, 0.3) is 0 Å². The van der Waals surface area contributed by atoms with Crippen LogP contribution < -0.4 is 0 Å². The fourth-order valence-corrected chi connectivity index (χ4v) is 2.33. The van der Waals surface area contributed by atoms with E-state index in [0.717, 1.165) is 6.07 Å². The summed E-state index contributed by atoms with van der Waals surface area (Å²) in [6.07, 6.45) is 0. The molecular formula is C16H9ClF2N2O2. The maximum Gasteiger partial charge on any atom is 0.356 e. The average Bonchev–Trinajstić information content (AvgIpc) is 2.95. The van der Waals surface area contributed by atoms with Gasteiger partial charge >= 0.3 is 5.97 Å². The highest BCUT2D eigenvalue weighted by Crippen LogP contribution is 2.27. The third kappa shape index (κ3) is 2.93. The van der Waals surface area contributed by atoms with Gasteiger partial charge in [-0.05, 0) is 36.4 Å². The summed E-state index contributed by atoms with van der Waals surface area (Å²) in [5.74, 6) is -2.30. The minimum Gasteiger partial charge on any atom is -0.476 e. The standard InChI is InChI=1S/C16H9ClF2N2O2/c17-12-7-11(4-5-13(12)19)21-15(8-14(20-21)16(22)23)9-2-1-3-10(18)6-9/h1-8H,(H,22,23). The highest BCUT2D eigenvalue weighted by Gasteiger charge is 2.17. The van der Waals surface area contributed by atoms with Crippen LogP contribution in [0.15, 0.2) is 48.5 Å². The lowest BCUT2D eigenvalue weighted by Gasteiger charge is -2.08. The first kappa shape index (κ1) is 15.2. The lowest BCUT2D eigenvalue weighted by atomic mass is 10.1. The van der Waals surface area contributed by atoms with E-state index in [2.05, 4.69) is 5.10 Å². The van der Waals surface area contributed by atoms with Crippen LogP contribution in [-0.2, 0) is 0 Å². The van der Waals surface area contributed by atoms with Gasteiger partial charge in [0.1, 0.15) is 11.6 Å². The van der Waals surface area contributed by atoms with E-state index in [-0.39, 0.29) is 10.7 Å². The van der Waals surface area contributed by atoms with E-state index in [1.807, 2.05) is 0 Å². The van der Waals surface area contributed by atoms with Gasteiger partial charge in [-0.1, -0.05) is 23.7 Å². The van der Waals surface area contributed by atoms with Gasteiger partial charge < -0.3 is 5.11 Å². The van der Waals surface area contributed by atoms with Gasteiger partial charge in [0.05, 0.1) is 16.4 Å². The van der Waals surface area contributed by atoms with Crippen LogP contribution in [0.3, 0.4) is 0 Å². The molecule has 23 heavy (non-hydrogen) atoms. The van der Waals surface area contributed by atoms with E-state index >= 15 is 0 Å². The molecule has 0 aliphatic heterocycles. The highest BCUT2D eigenvalue weighted by atomic mass is 35.5. The van der Waals surface area contributed by atoms with Crippen molar-refractivity contribution in [3.8, 4) is 16.9 Å². The highest BCUT2D eigenvalue weighted by molar-refractivity contribution is 6.30. The Morgan fingerprint density at radius 1 is 1.13 bits per heavy atom. The second-order valence-electron chi connectivity index (χ2n) is 4.74. The molecule has 1 aromatic heterocycles. The first-order valence-electron chi connectivity index (χ1n) is 6.50. The number of halogens is 3. The lowest BCUT2D eigenvalue weighted by molar-refractivity contribution is 0.0690. The van der Waals surface area contributed by atoms with Crippen LogP contribution in [0.2, 0.25) is 5.02 Å². The zero-order valence-electron chi connectivity index (χ0n) is 11.5. The van der Waals surface area contributed by atoms with Crippen LogP contribution in [0.4, 0.5) is 8.78 Å². The summed E-state index contributed by atoms with van der Waals surface area (Å²) in [6, 6.07) is 10.8. The topological polar surface area (TPSA) is 55.1 Å². The molecule has 0 atom stereocenters. The average molecular weight is 335 g/mol. The second kappa shape index (κ2) is 5.81. The third-order valence-corrected chi connectivity index (χ3v) is 3.49. The quantitative estimate of drug-likeness (QED) is 0.782. The first-order chi connectivity index (χ1) is 11.0. The zero-order valence-corrected chi connectivity index (χ0v) is 12.3. The summed E-state index contributed by atoms with van der Waals surface area (Å²) in [6.45, 7) is 0. The van der Waals surface area contributed by atoms with E-state index in [1.54, 1.807) is 6.07 Å². The minimum absolute atomic E-state index is 0.125. The molecule has 1 heterocycles. The van der Waals surface area contributed by atoms with Crippen molar-refractivity contribution in [2.24, 2.45) is 0 Å². The number of rotatable bonds is 3. The summed E-state index contributed by atoms with van der Waals surface area (Å²) in [5, 5.41) is 13.0. The number of carboxylic acids is 1. The van der Waals surface area contributed by atoms with Gasteiger partial charge in [0.15, 0.2) is 5.69 Å². The molecular weight excluding hydrogens is 326 g/mol. The SMILES string of the molecule is O=C(O)c1cc(-c2cccc(F)c2)n(-c2ccc(F)c(Cl)c2)n1. The van der Waals surface area contributed by atoms with Crippen LogP contribution in [0.5, 0.6) is 0 Å². The largest absolute Gasteiger partial charge is 0.476 e. The second-order valence-corrected chi connectivity index (χ2v) is 5.15. The molecule has 0 saturated carbocycles. The number of aromatic nitrogens is 2. The van der Waals surface area contributed by atoms with Crippen LogP contribution in [-0.4, -0.2) is 20.9 Å². The molecule has 7 heteroatoms. The number of hydrogen-bond donors (Lipinski definition) is 1. The lowest BCUT2D eigenvalue weighted by Crippen LogP contribution is -2.02. The molecule has 4 nitrogen and oxygen atoms in total. The predicted octanol–water partition coefficient (Wildman–Crippen LogP) is 4.17. The van der Waals surface area contributed by atoms with Gasteiger partial charge in [0, 0.05) is 5.56 Å². The van der Waals surface area contributed by atoms with Crippen molar-refractivity contribution in [2.75, 3.05) is 0 Å². The Hall–Kier alpha value is -2.73. The molecule has 0 aliphatic carbocycles. The number of nitrogens with zero attached hydrogens (tertiary/aromatic N) is 2. The maximum atomic E-state index is 13.5. The number of hydrogen-bond acceptors (Lipinski definition) is 2. The molecule has 0 amide bonds. The first-order valence-corrected chi connectivity index (χ1v) is 6.88. The Balaban J connectivity index is 2.22. The van der Waals surface area contributed by atoms with Gasteiger partial charge in [-0.2, -0.15) is 5.10 Å². The number of carboxylic acid groups (broad SMARTS) is 1. The Kier molecular flexibility index (Phi) is 3.83. The van der Waals surface area contributed by atoms with E-state index in [4.69, 9.17) is 16.7 Å².